The maximum Gasteiger partial charge on any atom is 0.235 e. The van der Waals surface area contributed by atoms with Crippen molar-refractivity contribution in [1.29, 1.82) is 0 Å². The average Bonchev–Trinajstić information content (AvgIpc) is 2.33. The monoisotopic (exact) mass is 272 g/mol. The van der Waals surface area contributed by atoms with Crippen molar-refractivity contribution < 1.29 is 4.92 Å². The molecule has 2 rings (SSSR count). The van der Waals surface area contributed by atoms with Crippen molar-refractivity contribution in [1.82, 2.24) is 0 Å². The van der Waals surface area contributed by atoms with Gasteiger partial charge in [-0.1, -0.05) is 6.08 Å². The third kappa shape index (κ3) is 2.46. The highest BCUT2D eigenvalue weighted by Gasteiger charge is 2.28. The normalized spacial score (nSPS) is 17.1. The Hall–Kier alpha value is -2.10. The van der Waals surface area contributed by atoms with Crippen LogP contribution in [-0.2, 0) is 0 Å². The van der Waals surface area contributed by atoms with Crippen LogP contribution in [-0.4, -0.2) is 17.5 Å². The van der Waals surface area contributed by atoms with Gasteiger partial charge in [-0.15, -0.1) is 0 Å². The summed E-state index contributed by atoms with van der Waals surface area (Å²) in [4.78, 5) is 12.3. The highest BCUT2D eigenvalue weighted by Crippen LogP contribution is 2.39. The molecule has 0 aromatic heterocycles. The predicted molar refractivity (Wildman–Crippen MR) is 83.3 cm³/mol. The Kier molecular flexibility index (Phi) is 3.42. The quantitative estimate of drug-likeness (QED) is 0.606. The van der Waals surface area contributed by atoms with Crippen LogP contribution in [0.3, 0.4) is 0 Å². The number of likely N-dealkylation sites (N-methyl/N-ethyl adjacent to an activating group) is 1. The molecular formula is C16H20N2O2. The number of aryl methyl sites for hydroxylation is 1. The van der Waals surface area contributed by atoms with Crippen LogP contribution in [0.1, 0.15) is 37.5 Å². The van der Waals surface area contributed by atoms with Crippen molar-refractivity contribution in [2.75, 3.05) is 11.9 Å². The minimum atomic E-state index is -0.434. The molecule has 0 N–H and O–H groups in total. The summed E-state index contributed by atoms with van der Waals surface area (Å²) in [5.74, 6) is 0. The van der Waals surface area contributed by atoms with Crippen LogP contribution in [0, 0.1) is 17.0 Å². The van der Waals surface area contributed by atoms with Crippen LogP contribution < -0.4 is 4.90 Å². The van der Waals surface area contributed by atoms with Crippen molar-refractivity contribution in [2.24, 2.45) is 0 Å². The van der Waals surface area contributed by atoms with E-state index in [1.54, 1.807) is 6.08 Å². The Bertz CT molecular complexity index is 628. The van der Waals surface area contributed by atoms with Crippen LogP contribution in [0.4, 0.5) is 5.69 Å². The van der Waals surface area contributed by atoms with Crippen LogP contribution >= 0.6 is 0 Å². The Balaban J connectivity index is 2.57. The molecule has 20 heavy (non-hydrogen) atoms. The molecule has 0 atom stereocenters. The third-order valence-electron chi connectivity index (χ3n) is 3.98. The lowest BCUT2D eigenvalue weighted by Gasteiger charge is -2.41. The molecule has 0 aliphatic carbocycles. The number of hydrogen-bond acceptors (Lipinski definition) is 3. The van der Waals surface area contributed by atoms with Gasteiger partial charge in [-0.05, 0) is 56.5 Å². The molecular weight excluding hydrogens is 252 g/mol. The molecule has 0 unspecified atom stereocenters. The van der Waals surface area contributed by atoms with Crippen molar-refractivity contribution in [3.8, 4) is 0 Å². The molecule has 0 spiro atoms. The van der Waals surface area contributed by atoms with Gasteiger partial charge in [0.25, 0.3) is 0 Å². The van der Waals surface area contributed by atoms with Crippen LogP contribution in [0.25, 0.3) is 11.6 Å². The second-order valence-electron chi connectivity index (χ2n) is 5.87. The topological polar surface area (TPSA) is 46.4 Å². The lowest BCUT2D eigenvalue weighted by Crippen LogP contribution is -2.42. The molecule has 1 aliphatic rings. The molecule has 0 saturated carbocycles. The summed E-state index contributed by atoms with van der Waals surface area (Å²) >= 11 is 0. The van der Waals surface area contributed by atoms with E-state index in [1.165, 1.54) is 11.3 Å². The zero-order chi connectivity index (χ0) is 15.1. The maximum absolute atomic E-state index is 10.5. The first-order valence-corrected chi connectivity index (χ1v) is 6.62. The molecule has 0 fully saturated rings. The van der Waals surface area contributed by atoms with Gasteiger partial charge in [-0.25, -0.2) is 0 Å². The van der Waals surface area contributed by atoms with Gasteiger partial charge < -0.3 is 4.90 Å². The molecule has 1 aromatic rings. The first-order valence-electron chi connectivity index (χ1n) is 6.62. The Morgan fingerprint density at radius 3 is 2.55 bits per heavy atom. The molecule has 0 saturated heterocycles. The van der Waals surface area contributed by atoms with Crippen molar-refractivity contribution in [2.45, 2.75) is 33.2 Å². The molecule has 1 aliphatic heterocycles. The van der Waals surface area contributed by atoms with Gasteiger partial charge in [0.15, 0.2) is 0 Å². The number of anilines is 1. The van der Waals surface area contributed by atoms with Gasteiger partial charge >= 0.3 is 0 Å². The molecule has 0 amide bonds. The molecule has 4 nitrogen and oxygen atoms in total. The van der Waals surface area contributed by atoms with E-state index in [1.807, 2.05) is 13.0 Å². The van der Waals surface area contributed by atoms with Gasteiger partial charge in [0.05, 0.1) is 10.5 Å². The summed E-state index contributed by atoms with van der Waals surface area (Å²) in [6.07, 6.45) is 4.78. The number of allylic oxidation sites excluding steroid dienone is 1. The number of hydrogen-bond donors (Lipinski definition) is 0. The molecule has 106 valence electrons. The van der Waals surface area contributed by atoms with E-state index >= 15 is 0 Å². The minimum absolute atomic E-state index is 0.0261. The van der Waals surface area contributed by atoms with Crippen LogP contribution in [0.5, 0.6) is 0 Å². The SMILES string of the molecule is CC1=CC(C)(C)N(C)c2cc(C)c(/C=C/[N+](=O)[O-])cc21. The van der Waals surface area contributed by atoms with E-state index in [4.69, 9.17) is 0 Å². The highest BCUT2D eigenvalue weighted by atomic mass is 16.6. The lowest BCUT2D eigenvalue weighted by atomic mass is 9.87. The second-order valence-corrected chi connectivity index (χ2v) is 5.87. The fraction of sp³-hybridized carbons (Fsp3) is 0.375. The highest BCUT2D eigenvalue weighted by molar-refractivity contribution is 5.83. The largest absolute Gasteiger partial charge is 0.365 e. The molecule has 4 heteroatoms. The van der Waals surface area contributed by atoms with E-state index in [0.717, 1.165) is 22.9 Å². The first-order chi connectivity index (χ1) is 9.22. The summed E-state index contributed by atoms with van der Waals surface area (Å²) in [5, 5.41) is 10.5. The number of rotatable bonds is 2. The Labute approximate surface area is 119 Å². The fourth-order valence-corrected chi connectivity index (χ4v) is 2.64. The summed E-state index contributed by atoms with van der Waals surface area (Å²) in [5.41, 5.74) is 5.42. The van der Waals surface area contributed by atoms with Gasteiger partial charge in [0, 0.05) is 24.4 Å². The molecule has 0 bridgehead atoms. The Morgan fingerprint density at radius 2 is 1.95 bits per heavy atom. The van der Waals surface area contributed by atoms with E-state index in [-0.39, 0.29) is 5.54 Å². The van der Waals surface area contributed by atoms with Crippen molar-refractivity contribution >= 4 is 17.3 Å². The van der Waals surface area contributed by atoms with Gasteiger partial charge in [-0.3, -0.25) is 10.1 Å². The summed E-state index contributed by atoms with van der Waals surface area (Å²) in [6.45, 7) is 8.42. The average molecular weight is 272 g/mol. The zero-order valence-electron chi connectivity index (χ0n) is 12.6. The summed E-state index contributed by atoms with van der Waals surface area (Å²) < 4.78 is 0. The van der Waals surface area contributed by atoms with Crippen LogP contribution in [0.15, 0.2) is 24.4 Å². The standard InChI is InChI=1S/C16H20N2O2/c1-11-8-15-14(9-13(11)6-7-18(19)20)12(2)10-16(3,4)17(15)5/h6-10H,1-5H3/b7-6+. The van der Waals surface area contributed by atoms with Crippen LogP contribution in [0.2, 0.25) is 0 Å². The second kappa shape index (κ2) is 4.78. The lowest BCUT2D eigenvalue weighted by molar-refractivity contribution is -0.400. The van der Waals surface area contributed by atoms with E-state index in [9.17, 15) is 10.1 Å². The van der Waals surface area contributed by atoms with Gasteiger partial charge in [0.2, 0.25) is 6.20 Å². The molecule has 1 aromatic carbocycles. The minimum Gasteiger partial charge on any atom is -0.365 e. The van der Waals surface area contributed by atoms with Gasteiger partial charge in [-0.2, -0.15) is 0 Å². The summed E-state index contributed by atoms with van der Waals surface area (Å²) in [6, 6.07) is 4.13. The van der Waals surface area contributed by atoms with Crippen molar-refractivity contribution in [3.63, 3.8) is 0 Å². The van der Waals surface area contributed by atoms with E-state index in [0.29, 0.717) is 0 Å². The number of nitro groups is 1. The first kappa shape index (κ1) is 14.3. The smallest absolute Gasteiger partial charge is 0.235 e. The Morgan fingerprint density at radius 1 is 1.30 bits per heavy atom. The zero-order valence-corrected chi connectivity index (χ0v) is 12.6. The van der Waals surface area contributed by atoms with E-state index < -0.39 is 4.92 Å². The summed E-state index contributed by atoms with van der Waals surface area (Å²) in [7, 11) is 2.08. The molecule has 0 radical (unpaired) electrons. The van der Waals surface area contributed by atoms with Crippen molar-refractivity contribution in [3.05, 3.63) is 51.2 Å². The van der Waals surface area contributed by atoms with E-state index in [2.05, 4.69) is 44.9 Å². The number of fused-ring (bicyclic) bond motifs is 1. The third-order valence-corrected chi connectivity index (χ3v) is 3.98. The molecule has 1 heterocycles. The number of benzene rings is 1. The van der Waals surface area contributed by atoms with Gasteiger partial charge in [0.1, 0.15) is 0 Å². The number of nitrogens with zero attached hydrogens (tertiary/aromatic N) is 2. The predicted octanol–water partition coefficient (Wildman–Crippen LogP) is 3.87. The fourth-order valence-electron chi connectivity index (χ4n) is 2.64. The maximum atomic E-state index is 10.5.